The van der Waals surface area contributed by atoms with Gasteiger partial charge >= 0.3 is 6.18 Å². The quantitative estimate of drug-likeness (QED) is 0.836. The molecule has 1 rings (SSSR count). The summed E-state index contributed by atoms with van der Waals surface area (Å²) in [6.45, 7) is 2.46. The van der Waals surface area contributed by atoms with Crippen LogP contribution in [0.15, 0.2) is 18.3 Å². The smallest absolute Gasteiger partial charge is 0.351 e. The molecule has 0 fully saturated rings. The summed E-state index contributed by atoms with van der Waals surface area (Å²) in [5, 5.41) is 2.61. The first-order valence-electron chi connectivity index (χ1n) is 5.80. The number of amides is 1. The lowest BCUT2D eigenvalue weighted by atomic mass is 10.2. The van der Waals surface area contributed by atoms with Crippen LogP contribution in [-0.2, 0) is 6.18 Å². The monoisotopic (exact) mass is 338 g/mol. The Morgan fingerprint density at radius 2 is 2.16 bits per heavy atom. The van der Waals surface area contributed by atoms with Crippen LogP contribution in [0.4, 0.5) is 13.2 Å². The molecule has 1 N–H and O–H groups in total. The molecular weight excluding hydrogens is 325 g/mol. The fourth-order valence-electron chi connectivity index (χ4n) is 1.33. The molecule has 1 aromatic heterocycles. The van der Waals surface area contributed by atoms with E-state index >= 15 is 0 Å². The van der Waals surface area contributed by atoms with Crippen LogP contribution >= 0.6 is 15.9 Å². The second-order valence-electron chi connectivity index (χ2n) is 3.98. The third kappa shape index (κ3) is 5.18. The molecule has 106 valence electrons. The van der Waals surface area contributed by atoms with Gasteiger partial charge in [0, 0.05) is 17.6 Å². The van der Waals surface area contributed by atoms with Crippen LogP contribution in [0.25, 0.3) is 0 Å². The van der Waals surface area contributed by atoms with Crippen molar-refractivity contribution >= 4 is 21.8 Å². The molecule has 7 heteroatoms. The molecule has 0 aliphatic rings. The Labute approximate surface area is 117 Å². The van der Waals surface area contributed by atoms with Crippen molar-refractivity contribution in [2.45, 2.75) is 30.8 Å². The van der Waals surface area contributed by atoms with Crippen molar-refractivity contribution in [1.29, 1.82) is 0 Å². The van der Waals surface area contributed by atoms with Crippen molar-refractivity contribution < 1.29 is 18.0 Å². The summed E-state index contributed by atoms with van der Waals surface area (Å²) in [5.74, 6) is -0.468. The Morgan fingerprint density at radius 1 is 1.47 bits per heavy atom. The first-order valence-corrected chi connectivity index (χ1v) is 6.71. The average Bonchev–Trinajstić information content (AvgIpc) is 2.37. The number of carbonyl (C=O) groups excluding carboxylic acids is 1. The molecule has 3 nitrogen and oxygen atoms in total. The molecule has 0 aliphatic heterocycles. The maximum Gasteiger partial charge on any atom is 0.417 e. The lowest BCUT2D eigenvalue weighted by Crippen LogP contribution is -2.26. The summed E-state index contributed by atoms with van der Waals surface area (Å²) in [4.78, 5) is 15.4. The molecule has 1 atom stereocenters. The van der Waals surface area contributed by atoms with Gasteiger partial charge in [-0.3, -0.25) is 9.78 Å². The summed E-state index contributed by atoms with van der Waals surface area (Å²) in [6, 6.07) is 1.92. The standard InChI is InChI=1S/C12H14BrF3N2O/c1-2-9(13)5-6-17-11(19)10-4-3-8(7-18-10)12(14,15)16/h3-4,7,9H,2,5-6H2,1H3,(H,17,19). The third-order valence-corrected chi connectivity index (χ3v) is 3.61. The van der Waals surface area contributed by atoms with Crippen molar-refractivity contribution in [3.63, 3.8) is 0 Å². The fourth-order valence-corrected chi connectivity index (χ4v) is 1.56. The summed E-state index contributed by atoms with van der Waals surface area (Å²) in [5.41, 5.74) is -0.883. The zero-order chi connectivity index (χ0) is 14.5. The van der Waals surface area contributed by atoms with E-state index in [1.54, 1.807) is 0 Å². The highest BCUT2D eigenvalue weighted by atomic mass is 79.9. The van der Waals surface area contributed by atoms with Gasteiger partial charge in [0.2, 0.25) is 0 Å². The molecule has 0 bridgehead atoms. The van der Waals surface area contributed by atoms with Crippen LogP contribution in [0.5, 0.6) is 0 Å². The van der Waals surface area contributed by atoms with Gasteiger partial charge in [0.15, 0.2) is 0 Å². The van der Waals surface area contributed by atoms with Crippen LogP contribution in [0, 0.1) is 0 Å². The number of pyridine rings is 1. The zero-order valence-corrected chi connectivity index (χ0v) is 11.9. The van der Waals surface area contributed by atoms with E-state index in [0.29, 0.717) is 17.6 Å². The number of carbonyl (C=O) groups is 1. The molecule has 19 heavy (non-hydrogen) atoms. The maximum absolute atomic E-state index is 12.3. The minimum atomic E-state index is -4.44. The number of nitrogens with zero attached hydrogens (tertiary/aromatic N) is 1. The summed E-state index contributed by atoms with van der Waals surface area (Å²) < 4.78 is 36.9. The van der Waals surface area contributed by atoms with E-state index in [1.807, 2.05) is 6.92 Å². The number of hydrogen-bond donors (Lipinski definition) is 1. The van der Waals surface area contributed by atoms with Gasteiger partial charge in [-0.1, -0.05) is 22.9 Å². The Hall–Kier alpha value is -1.11. The van der Waals surface area contributed by atoms with E-state index in [-0.39, 0.29) is 5.69 Å². The SMILES string of the molecule is CCC(Br)CCNC(=O)c1ccc(C(F)(F)F)cn1. The van der Waals surface area contributed by atoms with Crippen LogP contribution in [-0.4, -0.2) is 22.3 Å². The van der Waals surface area contributed by atoms with Crippen molar-refractivity contribution in [2.75, 3.05) is 6.54 Å². The highest BCUT2D eigenvalue weighted by Gasteiger charge is 2.30. The Morgan fingerprint density at radius 3 is 2.63 bits per heavy atom. The molecule has 0 saturated carbocycles. The van der Waals surface area contributed by atoms with Crippen LogP contribution in [0.2, 0.25) is 0 Å². The third-order valence-electron chi connectivity index (χ3n) is 2.51. The Kier molecular flexibility index (Phi) is 5.78. The summed E-state index contributed by atoms with van der Waals surface area (Å²) in [7, 11) is 0. The van der Waals surface area contributed by atoms with Gasteiger partial charge in [-0.15, -0.1) is 0 Å². The molecule has 1 heterocycles. The number of nitrogens with one attached hydrogen (secondary N) is 1. The molecule has 0 spiro atoms. The molecule has 0 saturated heterocycles. The number of halogens is 4. The number of hydrogen-bond acceptors (Lipinski definition) is 2. The van der Waals surface area contributed by atoms with E-state index < -0.39 is 17.6 Å². The zero-order valence-electron chi connectivity index (χ0n) is 10.3. The van der Waals surface area contributed by atoms with E-state index in [1.165, 1.54) is 0 Å². The van der Waals surface area contributed by atoms with Crippen LogP contribution in [0.3, 0.4) is 0 Å². The Bertz CT molecular complexity index is 420. The highest BCUT2D eigenvalue weighted by molar-refractivity contribution is 9.09. The number of aromatic nitrogens is 1. The predicted octanol–water partition coefficient (Wildman–Crippen LogP) is 3.39. The van der Waals surface area contributed by atoms with Gasteiger partial charge in [0.1, 0.15) is 5.69 Å². The topological polar surface area (TPSA) is 42.0 Å². The minimum absolute atomic E-state index is 0.0179. The highest BCUT2D eigenvalue weighted by Crippen LogP contribution is 2.28. The van der Waals surface area contributed by atoms with Crippen molar-refractivity contribution in [2.24, 2.45) is 0 Å². The molecule has 1 unspecified atom stereocenters. The summed E-state index contributed by atoms with van der Waals surface area (Å²) in [6.07, 6.45) is -2.09. The molecule has 1 aromatic rings. The largest absolute Gasteiger partial charge is 0.417 e. The average molecular weight is 339 g/mol. The van der Waals surface area contributed by atoms with Gasteiger partial charge in [-0.25, -0.2) is 0 Å². The van der Waals surface area contributed by atoms with E-state index in [0.717, 1.165) is 25.0 Å². The van der Waals surface area contributed by atoms with Gasteiger partial charge in [-0.05, 0) is 25.0 Å². The fraction of sp³-hybridized carbons (Fsp3) is 0.500. The van der Waals surface area contributed by atoms with E-state index in [4.69, 9.17) is 0 Å². The van der Waals surface area contributed by atoms with Crippen molar-refractivity contribution in [3.8, 4) is 0 Å². The first-order chi connectivity index (χ1) is 8.84. The van der Waals surface area contributed by atoms with Gasteiger partial charge in [-0.2, -0.15) is 13.2 Å². The molecule has 1 amide bonds. The maximum atomic E-state index is 12.3. The lowest BCUT2D eigenvalue weighted by molar-refractivity contribution is -0.137. The van der Waals surface area contributed by atoms with Gasteiger partial charge < -0.3 is 5.32 Å². The molecular formula is C12H14BrF3N2O. The van der Waals surface area contributed by atoms with Gasteiger partial charge in [0.25, 0.3) is 5.91 Å². The minimum Gasteiger partial charge on any atom is -0.351 e. The van der Waals surface area contributed by atoms with Crippen molar-refractivity contribution in [1.82, 2.24) is 10.3 Å². The summed E-state index contributed by atoms with van der Waals surface area (Å²) >= 11 is 3.42. The van der Waals surface area contributed by atoms with Crippen LogP contribution < -0.4 is 5.32 Å². The second-order valence-corrected chi connectivity index (χ2v) is 5.27. The van der Waals surface area contributed by atoms with Crippen molar-refractivity contribution in [3.05, 3.63) is 29.6 Å². The predicted molar refractivity (Wildman–Crippen MR) is 69.2 cm³/mol. The molecule has 0 aliphatic carbocycles. The van der Waals surface area contributed by atoms with E-state index in [9.17, 15) is 18.0 Å². The molecule has 0 aromatic carbocycles. The number of alkyl halides is 4. The van der Waals surface area contributed by atoms with Crippen LogP contribution in [0.1, 0.15) is 35.8 Å². The first kappa shape index (κ1) is 15.9. The molecule has 0 radical (unpaired) electrons. The van der Waals surface area contributed by atoms with Gasteiger partial charge in [0.05, 0.1) is 5.56 Å². The number of rotatable bonds is 5. The normalized spacial score (nSPS) is 13.1. The second kappa shape index (κ2) is 6.88. The lowest BCUT2D eigenvalue weighted by Gasteiger charge is -2.09. The van der Waals surface area contributed by atoms with E-state index in [2.05, 4.69) is 26.2 Å². The Balaban J connectivity index is 2.54.